The van der Waals surface area contributed by atoms with Crippen LogP contribution in [0.25, 0.3) is 5.57 Å². The number of benzene rings is 2. The molecule has 1 heteroatoms. The van der Waals surface area contributed by atoms with Gasteiger partial charge in [0.2, 0.25) is 0 Å². The Hall–Kier alpha value is -2.28. The normalized spacial score (nSPS) is 12.1. The van der Waals surface area contributed by atoms with E-state index < -0.39 is 0 Å². The van der Waals surface area contributed by atoms with Crippen molar-refractivity contribution in [1.29, 1.82) is 0 Å². The lowest BCUT2D eigenvalue weighted by Crippen LogP contribution is -2.17. The minimum absolute atomic E-state index is 1.12. The molecule has 18 heavy (non-hydrogen) atoms. The number of nitrogens with zero attached hydrogens (tertiary/aromatic N) is 1. The van der Waals surface area contributed by atoms with Crippen LogP contribution in [0.4, 0.5) is 11.4 Å². The molecule has 0 aromatic heterocycles. The molecule has 1 nitrogen and oxygen atoms in total. The third-order valence-corrected chi connectivity index (χ3v) is 3.18. The van der Waals surface area contributed by atoms with Crippen molar-refractivity contribution < 1.29 is 0 Å². The lowest BCUT2D eigenvalue weighted by atomic mass is 9.92. The highest BCUT2D eigenvalue weighted by atomic mass is 15.1. The maximum Gasteiger partial charge on any atom is 0.0487 e. The van der Waals surface area contributed by atoms with Crippen LogP contribution in [0.15, 0.2) is 68.3 Å². The summed E-state index contributed by atoms with van der Waals surface area (Å²) in [6.07, 6.45) is 0. The number of anilines is 2. The van der Waals surface area contributed by atoms with E-state index in [1.165, 1.54) is 22.5 Å². The summed E-state index contributed by atoms with van der Waals surface area (Å²) in [6, 6.07) is 16.8. The van der Waals surface area contributed by atoms with Gasteiger partial charge in [0.05, 0.1) is 0 Å². The van der Waals surface area contributed by atoms with Crippen molar-refractivity contribution in [3.05, 3.63) is 79.4 Å². The molecule has 3 rings (SSSR count). The second-order valence-corrected chi connectivity index (χ2v) is 4.07. The summed E-state index contributed by atoms with van der Waals surface area (Å²) in [5, 5.41) is 0. The van der Waals surface area contributed by atoms with Crippen molar-refractivity contribution in [3.63, 3.8) is 0 Å². The van der Waals surface area contributed by atoms with Gasteiger partial charge in [-0.3, -0.25) is 0 Å². The van der Waals surface area contributed by atoms with Crippen LogP contribution in [-0.4, -0.2) is 7.05 Å². The van der Waals surface area contributed by atoms with E-state index in [0.29, 0.717) is 0 Å². The predicted molar refractivity (Wildman–Crippen MR) is 80.3 cm³/mol. The zero-order valence-electron chi connectivity index (χ0n) is 10.7. The zero-order chi connectivity index (χ0) is 13.1. The second-order valence-electron chi connectivity index (χ2n) is 4.07. The first-order valence-corrected chi connectivity index (χ1v) is 5.90. The van der Waals surface area contributed by atoms with Gasteiger partial charge in [-0.2, -0.15) is 0 Å². The van der Waals surface area contributed by atoms with Crippen LogP contribution in [0.2, 0.25) is 0 Å². The maximum atomic E-state index is 4.20. The van der Waals surface area contributed by atoms with Crippen molar-refractivity contribution in [2.75, 3.05) is 11.9 Å². The molecule has 0 radical (unpaired) electrons. The summed E-state index contributed by atoms with van der Waals surface area (Å²) in [7, 11) is 2.10. The van der Waals surface area contributed by atoms with E-state index in [1.807, 2.05) is 0 Å². The highest BCUT2D eigenvalue weighted by molar-refractivity contribution is 5.96. The van der Waals surface area contributed by atoms with Gasteiger partial charge in [-0.05, 0) is 17.7 Å². The summed E-state index contributed by atoms with van der Waals surface area (Å²) in [4.78, 5) is 2.22. The fraction of sp³-hybridized carbons (Fsp3) is 0.0588. The Morgan fingerprint density at radius 1 is 0.778 bits per heavy atom. The topological polar surface area (TPSA) is 3.24 Å². The van der Waals surface area contributed by atoms with Gasteiger partial charge in [-0.25, -0.2) is 0 Å². The predicted octanol–water partition coefficient (Wildman–Crippen LogP) is 4.63. The molecule has 2 aromatic carbocycles. The first kappa shape index (κ1) is 12.2. The lowest BCUT2D eigenvalue weighted by molar-refractivity contribution is 1.17. The highest BCUT2D eigenvalue weighted by Gasteiger charge is 2.21. The lowest BCUT2D eigenvalue weighted by Gasteiger charge is -2.31. The first-order chi connectivity index (χ1) is 8.79. The van der Waals surface area contributed by atoms with Crippen LogP contribution in [0.1, 0.15) is 11.1 Å². The smallest absolute Gasteiger partial charge is 0.0487 e. The van der Waals surface area contributed by atoms with Crippen LogP contribution >= 0.6 is 0 Å². The Kier molecular flexibility index (Phi) is 3.33. The fourth-order valence-electron chi connectivity index (χ4n) is 2.32. The summed E-state index contributed by atoms with van der Waals surface area (Å²) >= 11 is 0. The second kappa shape index (κ2) is 4.92. The fourth-order valence-corrected chi connectivity index (χ4v) is 2.32. The van der Waals surface area contributed by atoms with Crippen molar-refractivity contribution in [2.24, 2.45) is 0 Å². The van der Waals surface area contributed by atoms with Crippen molar-refractivity contribution in [1.82, 2.24) is 0 Å². The molecule has 1 aliphatic heterocycles. The maximum absolute atomic E-state index is 4.20. The number of fused-ring (bicyclic) bond motifs is 2. The quantitative estimate of drug-likeness (QED) is 0.602. The van der Waals surface area contributed by atoms with Gasteiger partial charge in [0.25, 0.3) is 0 Å². The molecule has 2 aromatic rings. The molecule has 0 N–H and O–H groups in total. The third-order valence-electron chi connectivity index (χ3n) is 3.18. The molecule has 0 aliphatic carbocycles. The Balaban J connectivity index is 0.000000574. The number of hydrogen-bond donors (Lipinski definition) is 0. The molecule has 1 heterocycles. The van der Waals surface area contributed by atoms with Crippen LogP contribution in [0, 0.1) is 0 Å². The van der Waals surface area contributed by atoms with E-state index in [4.69, 9.17) is 0 Å². The summed E-state index contributed by atoms with van der Waals surface area (Å²) < 4.78 is 0. The molecule has 0 bridgehead atoms. The number of para-hydroxylation sites is 2. The Morgan fingerprint density at radius 2 is 1.17 bits per heavy atom. The van der Waals surface area contributed by atoms with E-state index in [9.17, 15) is 0 Å². The molecule has 0 atom stereocenters. The van der Waals surface area contributed by atoms with Crippen LogP contribution in [0.3, 0.4) is 0 Å². The molecule has 1 aliphatic rings. The van der Waals surface area contributed by atoms with E-state index in [0.717, 1.165) is 5.57 Å². The molecule has 0 saturated heterocycles. The van der Waals surface area contributed by atoms with Gasteiger partial charge in [-0.1, -0.05) is 43.0 Å². The minimum atomic E-state index is 1.12. The van der Waals surface area contributed by atoms with Gasteiger partial charge in [-0.15, -0.1) is 13.2 Å². The van der Waals surface area contributed by atoms with Gasteiger partial charge < -0.3 is 4.90 Å². The Labute approximate surface area is 109 Å². The molecule has 0 unspecified atom stereocenters. The van der Waals surface area contributed by atoms with Crippen molar-refractivity contribution >= 4 is 16.9 Å². The van der Waals surface area contributed by atoms with Crippen LogP contribution in [0.5, 0.6) is 0 Å². The van der Waals surface area contributed by atoms with Gasteiger partial charge in [0, 0.05) is 29.5 Å². The minimum Gasteiger partial charge on any atom is -0.344 e. The zero-order valence-corrected chi connectivity index (χ0v) is 10.7. The van der Waals surface area contributed by atoms with Crippen molar-refractivity contribution in [3.8, 4) is 0 Å². The third kappa shape index (κ3) is 1.74. The van der Waals surface area contributed by atoms with E-state index in [-0.39, 0.29) is 0 Å². The van der Waals surface area contributed by atoms with E-state index >= 15 is 0 Å². The summed E-state index contributed by atoms with van der Waals surface area (Å²) in [6.45, 7) is 10.2. The molecule has 0 spiro atoms. The first-order valence-electron chi connectivity index (χ1n) is 5.90. The number of rotatable bonds is 0. The SMILES string of the molecule is C=C.C=C1c2ccccc2N(C)c2ccccc21. The molecule has 0 saturated carbocycles. The standard InChI is InChI=1S/C15H13N.C2H4/c1-11-12-7-3-5-9-14(12)16(2)15-10-6-4-8-13(11)15;1-2/h3-10H,1H2,2H3;1-2H2. The van der Waals surface area contributed by atoms with Gasteiger partial charge in [0.15, 0.2) is 0 Å². The molecular formula is C17H17N. The average Bonchev–Trinajstić information content (AvgIpc) is 2.47. The van der Waals surface area contributed by atoms with Gasteiger partial charge >= 0.3 is 0 Å². The van der Waals surface area contributed by atoms with E-state index in [1.54, 1.807) is 0 Å². The van der Waals surface area contributed by atoms with Crippen LogP contribution < -0.4 is 4.90 Å². The molecule has 0 fully saturated rings. The number of hydrogen-bond acceptors (Lipinski definition) is 1. The largest absolute Gasteiger partial charge is 0.344 e. The Bertz CT molecular complexity index is 534. The summed E-state index contributed by atoms with van der Waals surface area (Å²) in [5.41, 5.74) is 6.02. The van der Waals surface area contributed by atoms with Crippen LogP contribution in [-0.2, 0) is 0 Å². The Morgan fingerprint density at radius 3 is 1.61 bits per heavy atom. The molecule has 0 amide bonds. The van der Waals surface area contributed by atoms with Gasteiger partial charge in [0.1, 0.15) is 0 Å². The van der Waals surface area contributed by atoms with Crippen molar-refractivity contribution in [2.45, 2.75) is 0 Å². The molecular weight excluding hydrogens is 218 g/mol. The highest BCUT2D eigenvalue weighted by Crippen LogP contribution is 2.42. The monoisotopic (exact) mass is 235 g/mol. The van der Waals surface area contributed by atoms with E-state index in [2.05, 4.69) is 80.2 Å². The molecule has 90 valence electrons. The summed E-state index contributed by atoms with van der Waals surface area (Å²) in [5.74, 6) is 0. The average molecular weight is 235 g/mol.